The van der Waals surface area contributed by atoms with Crippen LogP contribution in [0.4, 0.5) is 5.95 Å². The fraction of sp³-hybridized carbons (Fsp3) is 0.214. The molecule has 0 radical (unpaired) electrons. The number of carbonyl (C=O) groups is 1. The second-order valence-corrected chi connectivity index (χ2v) is 5.21. The molecule has 1 saturated heterocycles. The Kier molecular flexibility index (Phi) is 2.47. The highest BCUT2D eigenvalue weighted by Crippen LogP contribution is 2.27. The minimum atomic E-state index is -0.449. The van der Waals surface area contributed by atoms with Gasteiger partial charge in [0.1, 0.15) is 0 Å². The van der Waals surface area contributed by atoms with Crippen molar-refractivity contribution in [1.29, 1.82) is 0 Å². The van der Waals surface area contributed by atoms with Gasteiger partial charge in [-0.25, -0.2) is 4.98 Å². The minimum Gasteiger partial charge on any atom is -0.366 e. The molecule has 1 fully saturated rings. The maximum atomic E-state index is 11.1. The first kappa shape index (κ1) is 12.0. The Bertz CT molecular complexity index is 781. The Morgan fingerprint density at radius 3 is 2.86 bits per heavy atom. The Labute approximate surface area is 120 Å². The van der Waals surface area contributed by atoms with Crippen molar-refractivity contribution in [2.24, 2.45) is 5.73 Å². The van der Waals surface area contributed by atoms with Crippen LogP contribution in [0, 0.1) is 0 Å². The lowest BCUT2D eigenvalue weighted by Crippen LogP contribution is -2.48. The summed E-state index contributed by atoms with van der Waals surface area (Å²) < 4.78 is 1.79. The fourth-order valence-corrected chi connectivity index (χ4v) is 2.55. The van der Waals surface area contributed by atoms with Crippen molar-refractivity contribution >= 4 is 22.9 Å². The van der Waals surface area contributed by atoms with Gasteiger partial charge in [0.2, 0.25) is 5.95 Å². The Balaban J connectivity index is 1.49. The van der Waals surface area contributed by atoms with E-state index in [2.05, 4.69) is 20.0 Å². The monoisotopic (exact) mass is 282 g/mol. The average Bonchev–Trinajstić information content (AvgIpc) is 3.03. The normalized spacial score (nSPS) is 15.3. The van der Waals surface area contributed by atoms with Crippen molar-refractivity contribution in [1.82, 2.24) is 19.7 Å². The molecule has 3 heterocycles. The van der Waals surface area contributed by atoms with Crippen LogP contribution in [0.3, 0.4) is 0 Å². The molecule has 106 valence electrons. The number of hydrogen-bond acceptors (Lipinski definition) is 4. The first-order chi connectivity index (χ1) is 10.2. The van der Waals surface area contributed by atoms with E-state index in [1.165, 1.54) is 6.20 Å². The molecule has 0 atom stereocenters. The van der Waals surface area contributed by atoms with Gasteiger partial charge in [-0.05, 0) is 12.1 Å². The zero-order valence-corrected chi connectivity index (χ0v) is 11.2. The molecule has 4 rings (SSSR count). The molecule has 1 aliphatic rings. The number of nitrogens with two attached hydrogens (primary N) is 1. The van der Waals surface area contributed by atoms with Crippen LogP contribution in [0.15, 0.2) is 36.7 Å². The van der Waals surface area contributed by atoms with Crippen LogP contribution >= 0.6 is 0 Å². The summed E-state index contributed by atoms with van der Waals surface area (Å²) in [6.07, 6.45) is 3.20. The number of amides is 1. The van der Waals surface area contributed by atoms with Gasteiger partial charge in [-0.3, -0.25) is 9.48 Å². The summed E-state index contributed by atoms with van der Waals surface area (Å²) in [6.45, 7) is 1.61. The molecule has 2 aromatic heterocycles. The van der Waals surface area contributed by atoms with E-state index in [1.807, 2.05) is 24.3 Å². The third kappa shape index (κ3) is 1.94. The van der Waals surface area contributed by atoms with Crippen LogP contribution in [0.5, 0.6) is 0 Å². The minimum absolute atomic E-state index is 0.242. The van der Waals surface area contributed by atoms with E-state index in [-0.39, 0.29) is 6.04 Å². The third-order valence-electron chi connectivity index (χ3n) is 3.80. The predicted molar refractivity (Wildman–Crippen MR) is 78.1 cm³/mol. The number of nitrogens with zero attached hydrogens (tertiary/aromatic N) is 4. The lowest BCUT2D eigenvalue weighted by atomic mass is 10.1. The van der Waals surface area contributed by atoms with Crippen molar-refractivity contribution in [3.63, 3.8) is 0 Å². The van der Waals surface area contributed by atoms with E-state index < -0.39 is 5.91 Å². The van der Waals surface area contributed by atoms with E-state index in [0.717, 1.165) is 30.1 Å². The zero-order valence-electron chi connectivity index (χ0n) is 11.2. The third-order valence-corrected chi connectivity index (χ3v) is 3.80. The van der Waals surface area contributed by atoms with Crippen molar-refractivity contribution < 1.29 is 4.79 Å². The fourth-order valence-electron chi connectivity index (χ4n) is 2.55. The smallest absolute Gasteiger partial charge is 0.251 e. The van der Waals surface area contributed by atoms with Crippen LogP contribution in [0.1, 0.15) is 16.4 Å². The van der Waals surface area contributed by atoms with Crippen molar-refractivity contribution in [3.05, 3.63) is 42.2 Å². The van der Waals surface area contributed by atoms with Gasteiger partial charge < -0.3 is 15.6 Å². The number of aromatic nitrogens is 4. The van der Waals surface area contributed by atoms with Gasteiger partial charge in [-0.15, -0.1) is 0 Å². The number of primary amides is 1. The van der Waals surface area contributed by atoms with Gasteiger partial charge in [-0.1, -0.05) is 12.1 Å². The molecule has 3 aromatic rings. The molecule has 7 nitrogen and oxygen atoms in total. The second-order valence-electron chi connectivity index (χ2n) is 5.21. The van der Waals surface area contributed by atoms with Gasteiger partial charge in [0, 0.05) is 19.3 Å². The first-order valence-electron chi connectivity index (χ1n) is 6.74. The van der Waals surface area contributed by atoms with Crippen LogP contribution in [-0.4, -0.2) is 38.7 Å². The van der Waals surface area contributed by atoms with E-state index in [4.69, 9.17) is 5.73 Å². The molecule has 0 spiro atoms. The number of benzene rings is 1. The maximum Gasteiger partial charge on any atom is 0.251 e. The Hall–Kier alpha value is -2.83. The maximum absolute atomic E-state index is 11.1. The quantitative estimate of drug-likeness (QED) is 0.747. The van der Waals surface area contributed by atoms with Gasteiger partial charge >= 0.3 is 0 Å². The van der Waals surface area contributed by atoms with E-state index >= 15 is 0 Å². The van der Waals surface area contributed by atoms with Gasteiger partial charge in [0.15, 0.2) is 0 Å². The SMILES string of the molecule is NC(=O)c1cnn(C2CN(c3nc4ccccc4[nH]3)C2)c1. The highest BCUT2D eigenvalue weighted by molar-refractivity contribution is 5.92. The van der Waals surface area contributed by atoms with Crippen LogP contribution in [0.25, 0.3) is 11.0 Å². The molecular weight excluding hydrogens is 268 g/mol. The second kappa shape index (κ2) is 4.34. The summed E-state index contributed by atoms with van der Waals surface area (Å²) >= 11 is 0. The zero-order chi connectivity index (χ0) is 14.4. The average molecular weight is 282 g/mol. The number of rotatable bonds is 3. The highest BCUT2D eigenvalue weighted by atomic mass is 16.1. The summed E-state index contributed by atoms with van der Waals surface area (Å²) in [7, 11) is 0. The van der Waals surface area contributed by atoms with Gasteiger partial charge in [0.25, 0.3) is 5.91 Å². The predicted octanol–water partition coefficient (Wildman–Crippen LogP) is 0.920. The van der Waals surface area contributed by atoms with Crippen molar-refractivity contribution in [2.75, 3.05) is 18.0 Å². The van der Waals surface area contributed by atoms with E-state index in [0.29, 0.717) is 5.56 Å². The molecule has 0 saturated carbocycles. The summed E-state index contributed by atoms with van der Waals surface area (Å²) in [5, 5.41) is 4.19. The summed E-state index contributed by atoms with van der Waals surface area (Å²) in [5.74, 6) is 0.421. The molecule has 1 amide bonds. The molecule has 0 aliphatic carbocycles. The van der Waals surface area contributed by atoms with Crippen LogP contribution < -0.4 is 10.6 Å². The molecule has 1 aromatic carbocycles. The number of imidazole rings is 1. The topological polar surface area (TPSA) is 92.8 Å². The molecule has 0 unspecified atom stereocenters. The molecule has 21 heavy (non-hydrogen) atoms. The summed E-state index contributed by atoms with van der Waals surface area (Å²) in [5.41, 5.74) is 7.67. The summed E-state index contributed by atoms with van der Waals surface area (Å²) in [4.78, 5) is 21.1. The number of fused-ring (bicyclic) bond motifs is 1. The number of anilines is 1. The van der Waals surface area contributed by atoms with Crippen LogP contribution in [0.2, 0.25) is 0 Å². The molecule has 0 bridgehead atoms. The van der Waals surface area contributed by atoms with Crippen LogP contribution in [-0.2, 0) is 0 Å². The number of nitrogens with one attached hydrogen (secondary N) is 1. The molecule has 3 N–H and O–H groups in total. The van der Waals surface area contributed by atoms with Gasteiger partial charge in [0.05, 0.1) is 28.8 Å². The van der Waals surface area contributed by atoms with Gasteiger partial charge in [-0.2, -0.15) is 5.10 Å². The number of carbonyl (C=O) groups excluding carboxylic acids is 1. The first-order valence-corrected chi connectivity index (χ1v) is 6.74. The standard InChI is InChI=1S/C14H14N6O/c15-13(21)9-5-16-20(6-9)10-7-19(8-10)14-17-11-3-1-2-4-12(11)18-14/h1-6,10H,7-8H2,(H2,15,21)(H,17,18). The lowest BCUT2D eigenvalue weighted by molar-refractivity contribution is 0.1000. The largest absolute Gasteiger partial charge is 0.366 e. The number of aromatic amines is 1. The van der Waals surface area contributed by atoms with Crippen molar-refractivity contribution in [3.8, 4) is 0 Å². The van der Waals surface area contributed by atoms with E-state index in [1.54, 1.807) is 10.9 Å². The Morgan fingerprint density at radius 2 is 2.14 bits per heavy atom. The van der Waals surface area contributed by atoms with E-state index in [9.17, 15) is 4.79 Å². The molecule has 7 heteroatoms. The highest BCUT2D eigenvalue weighted by Gasteiger charge is 2.31. The summed E-state index contributed by atoms with van der Waals surface area (Å²) in [6, 6.07) is 8.19. The Morgan fingerprint density at radius 1 is 1.33 bits per heavy atom. The van der Waals surface area contributed by atoms with Crippen molar-refractivity contribution in [2.45, 2.75) is 6.04 Å². The number of hydrogen-bond donors (Lipinski definition) is 2. The molecule has 1 aliphatic heterocycles. The molecular formula is C14H14N6O. The number of para-hydroxylation sites is 2. The number of H-pyrrole nitrogens is 1. The lowest BCUT2D eigenvalue weighted by Gasteiger charge is -2.38.